The Labute approximate surface area is 159 Å². The van der Waals surface area contributed by atoms with Crippen molar-refractivity contribution < 1.29 is 23.1 Å². The van der Waals surface area contributed by atoms with E-state index < -0.39 is 28.4 Å². The summed E-state index contributed by atoms with van der Waals surface area (Å²) >= 11 is 3.22. The molecule has 2 aromatic rings. The van der Waals surface area contributed by atoms with Gasteiger partial charge in [-0.25, -0.2) is 8.42 Å². The van der Waals surface area contributed by atoms with E-state index in [0.717, 1.165) is 8.78 Å². The summed E-state index contributed by atoms with van der Waals surface area (Å²) in [5.41, 5.74) is 4.20. The number of carbonyl (C=O) groups is 2. The van der Waals surface area contributed by atoms with Crippen LogP contribution in [0.5, 0.6) is 5.75 Å². The van der Waals surface area contributed by atoms with Gasteiger partial charge in [-0.1, -0.05) is 28.1 Å². The molecule has 0 heterocycles. The number of likely N-dealkylation sites (N-methyl/N-ethyl adjacent to an activating group) is 1. The lowest BCUT2D eigenvalue weighted by Gasteiger charge is -2.17. The zero-order valence-corrected chi connectivity index (χ0v) is 16.0. The van der Waals surface area contributed by atoms with Gasteiger partial charge in [0.1, 0.15) is 5.75 Å². The number of halogens is 1. The minimum Gasteiger partial charge on any atom is -0.507 e. The molecular formula is C16H16BrN3O5S. The molecular weight excluding hydrogens is 426 g/mol. The number of para-hydroxylation sites is 1. The summed E-state index contributed by atoms with van der Waals surface area (Å²) in [6, 6.07) is 11.8. The highest BCUT2D eigenvalue weighted by molar-refractivity contribution is 9.10. The third-order valence-electron chi connectivity index (χ3n) is 3.35. The second kappa shape index (κ2) is 8.30. The van der Waals surface area contributed by atoms with Crippen molar-refractivity contribution in [3.63, 3.8) is 0 Å². The van der Waals surface area contributed by atoms with Crippen LogP contribution in [0.1, 0.15) is 10.4 Å². The van der Waals surface area contributed by atoms with E-state index in [1.54, 1.807) is 24.3 Å². The van der Waals surface area contributed by atoms with Crippen LogP contribution < -0.4 is 10.9 Å². The predicted octanol–water partition coefficient (Wildman–Crippen LogP) is 1.24. The largest absolute Gasteiger partial charge is 0.507 e. The minimum absolute atomic E-state index is 0.0244. The highest BCUT2D eigenvalue weighted by atomic mass is 79.9. The monoisotopic (exact) mass is 441 g/mol. The number of nitrogens with zero attached hydrogens (tertiary/aromatic N) is 1. The summed E-state index contributed by atoms with van der Waals surface area (Å²) in [4.78, 5) is 23.8. The minimum atomic E-state index is -3.85. The maximum absolute atomic E-state index is 12.4. The fourth-order valence-electron chi connectivity index (χ4n) is 1.97. The standard InChI is InChI=1S/C16H16BrN3O5S/c1-20(26(24,25)12-8-6-11(17)7-9-12)10-15(22)18-19-16(23)13-4-2-3-5-14(13)21/h2-9,21H,10H2,1H3,(H,18,22)(H,19,23). The normalized spacial score (nSPS) is 11.2. The smallest absolute Gasteiger partial charge is 0.273 e. The molecule has 0 aliphatic heterocycles. The number of rotatable bonds is 5. The first-order chi connectivity index (χ1) is 12.2. The van der Waals surface area contributed by atoms with Crippen molar-refractivity contribution in [1.82, 2.24) is 15.2 Å². The van der Waals surface area contributed by atoms with Crippen molar-refractivity contribution in [3.8, 4) is 5.75 Å². The molecule has 0 aliphatic rings. The van der Waals surface area contributed by atoms with E-state index in [1.165, 1.54) is 31.3 Å². The Morgan fingerprint density at radius 2 is 1.69 bits per heavy atom. The third-order valence-corrected chi connectivity index (χ3v) is 5.70. The molecule has 0 fully saturated rings. The summed E-state index contributed by atoms with van der Waals surface area (Å²) in [7, 11) is -2.60. The molecule has 0 spiro atoms. The van der Waals surface area contributed by atoms with Crippen molar-refractivity contribution >= 4 is 37.8 Å². The molecule has 10 heteroatoms. The molecule has 0 unspecified atom stereocenters. The number of hydrazine groups is 1. The van der Waals surface area contributed by atoms with E-state index in [-0.39, 0.29) is 16.2 Å². The van der Waals surface area contributed by atoms with Gasteiger partial charge in [0.2, 0.25) is 10.0 Å². The fourth-order valence-corrected chi connectivity index (χ4v) is 3.36. The fraction of sp³-hybridized carbons (Fsp3) is 0.125. The van der Waals surface area contributed by atoms with Crippen molar-refractivity contribution in [2.75, 3.05) is 13.6 Å². The lowest BCUT2D eigenvalue weighted by molar-refractivity contribution is -0.121. The number of phenolic OH excluding ortho intramolecular Hbond substituents is 1. The lowest BCUT2D eigenvalue weighted by atomic mass is 10.2. The van der Waals surface area contributed by atoms with E-state index in [9.17, 15) is 23.1 Å². The molecule has 0 atom stereocenters. The molecule has 8 nitrogen and oxygen atoms in total. The number of amides is 2. The average Bonchev–Trinajstić information content (AvgIpc) is 2.60. The Balaban J connectivity index is 1.95. The first-order valence-electron chi connectivity index (χ1n) is 7.31. The number of carbonyl (C=O) groups excluding carboxylic acids is 2. The number of nitrogens with one attached hydrogen (secondary N) is 2. The van der Waals surface area contributed by atoms with E-state index in [0.29, 0.717) is 0 Å². The maximum atomic E-state index is 12.4. The van der Waals surface area contributed by atoms with Crippen LogP contribution in [0.3, 0.4) is 0 Å². The first-order valence-corrected chi connectivity index (χ1v) is 9.54. The molecule has 0 radical (unpaired) electrons. The van der Waals surface area contributed by atoms with Crippen LogP contribution in [0.2, 0.25) is 0 Å². The highest BCUT2D eigenvalue weighted by Crippen LogP contribution is 2.17. The highest BCUT2D eigenvalue weighted by Gasteiger charge is 2.23. The number of sulfonamides is 1. The van der Waals surface area contributed by atoms with Gasteiger partial charge in [-0.05, 0) is 36.4 Å². The number of hydrogen-bond acceptors (Lipinski definition) is 5. The van der Waals surface area contributed by atoms with Crippen LogP contribution in [-0.4, -0.2) is 43.2 Å². The zero-order valence-electron chi connectivity index (χ0n) is 13.6. The molecule has 2 amide bonds. The van der Waals surface area contributed by atoms with Crippen molar-refractivity contribution in [2.45, 2.75) is 4.90 Å². The van der Waals surface area contributed by atoms with E-state index >= 15 is 0 Å². The van der Waals surface area contributed by atoms with Crippen LogP contribution in [-0.2, 0) is 14.8 Å². The van der Waals surface area contributed by atoms with Crippen molar-refractivity contribution in [3.05, 3.63) is 58.6 Å². The van der Waals surface area contributed by atoms with Crippen molar-refractivity contribution in [2.24, 2.45) is 0 Å². The van der Waals surface area contributed by atoms with E-state index in [2.05, 4.69) is 26.8 Å². The average molecular weight is 442 g/mol. The Morgan fingerprint density at radius 1 is 1.08 bits per heavy atom. The Bertz CT molecular complexity index is 916. The summed E-state index contributed by atoms with van der Waals surface area (Å²) in [5, 5.41) is 9.58. The van der Waals surface area contributed by atoms with Gasteiger partial charge in [0, 0.05) is 11.5 Å². The molecule has 26 heavy (non-hydrogen) atoms. The number of aromatic hydroxyl groups is 1. The molecule has 2 aromatic carbocycles. The van der Waals surface area contributed by atoms with Crippen molar-refractivity contribution in [1.29, 1.82) is 0 Å². The van der Waals surface area contributed by atoms with Gasteiger partial charge < -0.3 is 5.11 Å². The maximum Gasteiger partial charge on any atom is 0.273 e. The summed E-state index contributed by atoms with van der Waals surface area (Å²) < 4.78 is 26.4. The second-order valence-electron chi connectivity index (χ2n) is 5.23. The molecule has 0 aliphatic carbocycles. The van der Waals surface area contributed by atoms with Crippen LogP contribution in [0, 0.1) is 0 Å². The van der Waals surface area contributed by atoms with Gasteiger partial charge in [0.15, 0.2) is 0 Å². The predicted molar refractivity (Wildman–Crippen MR) is 97.7 cm³/mol. The molecule has 0 bridgehead atoms. The topological polar surface area (TPSA) is 116 Å². The van der Waals surface area contributed by atoms with Gasteiger partial charge in [0.25, 0.3) is 11.8 Å². The molecule has 3 N–H and O–H groups in total. The quantitative estimate of drug-likeness (QED) is 0.603. The van der Waals surface area contributed by atoms with E-state index in [1.807, 2.05) is 0 Å². The number of phenols is 1. The molecule has 0 saturated carbocycles. The molecule has 0 saturated heterocycles. The Morgan fingerprint density at radius 3 is 2.31 bits per heavy atom. The van der Waals surface area contributed by atoms with Gasteiger partial charge >= 0.3 is 0 Å². The number of hydrogen-bond donors (Lipinski definition) is 3. The molecule has 2 rings (SSSR count). The van der Waals surface area contributed by atoms with Gasteiger partial charge in [-0.2, -0.15) is 4.31 Å². The Hall–Kier alpha value is -2.43. The first kappa shape index (κ1) is 19.9. The SMILES string of the molecule is CN(CC(=O)NNC(=O)c1ccccc1O)S(=O)(=O)c1ccc(Br)cc1. The van der Waals surface area contributed by atoms with Crippen LogP contribution in [0.15, 0.2) is 57.9 Å². The van der Waals surface area contributed by atoms with E-state index in [4.69, 9.17) is 0 Å². The molecule has 0 aromatic heterocycles. The second-order valence-corrected chi connectivity index (χ2v) is 8.20. The van der Waals surface area contributed by atoms with Gasteiger partial charge in [-0.3, -0.25) is 20.4 Å². The Kier molecular flexibility index (Phi) is 6.35. The van der Waals surface area contributed by atoms with Gasteiger partial charge in [0.05, 0.1) is 17.0 Å². The zero-order chi connectivity index (χ0) is 19.3. The summed E-state index contributed by atoms with van der Waals surface area (Å²) in [5.74, 6) is -1.71. The number of benzene rings is 2. The van der Waals surface area contributed by atoms with Gasteiger partial charge in [-0.15, -0.1) is 0 Å². The van der Waals surface area contributed by atoms with Crippen LogP contribution in [0.25, 0.3) is 0 Å². The van der Waals surface area contributed by atoms with Crippen LogP contribution >= 0.6 is 15.9 Å². The molecule has 138 valence electrons. The van der Waals surface area contributed by atoms with Crippen LogP contribution in [0.4, 0.5) is 0 Å². The summed E-state index contributed by atoms with van der Waals surface area (Å²) in [6.45, 7) is -0.501. The lowest BCUT2D eigenvalue weighted by Crippen LogP contribution is -2.46. The third kappa shape index (κ3) is 4.81. The summed E-state index contributed by atoms with van der Waals surface area (Å²) in [6.07, 6.45) is 0.